The molecule has 3 heterocycles. The van der Waals surface area contributed by atoms with Crippen molar-refractivity contribution in [2.24, 2.45) is 0 Å². The molecule has 36 heavy (non-hydrogen) atoms. The molecule has 9 heteroatoms. The van der Waals surface area contributed by atoms with Gasteiger partial charge in [-0.05, 0) is 30.2 Å². The van der Waals surface area contributed by atoms with E-state index in [4.69, 9.17) is 4.74 Å². The van der Waals surface area contributed by atoms with E-state index in [1.54, 1.807) is 23.2 Å². The number of nitrogens with zero attached hydrogens (tertiary/aromatic N) is 3. The molecule has 2 aliphatic heterocycles. The Balaban J connectivity index is 1.52. The Kier molecular flexibility index (Phi) is 6.39. The molecule has 1 N–H and O–H groups in total. The minimum atomic E-state index is -0.776. The highest BCUT2D eigenvalue weighted by Crippen LogP contribution is 2.28. The van der Waals surface area contributed by atoms with Crippen molar-refractivity contribution in [3.8, 4) is 0 Å². The molecule has 0 saturated carbocycles. The van der Waals surface area contributed by atoms with E-state index in [0.29, 0.717) is 44.0 Å². The first-order valence-electron chi connectivity index (χ1n) is 11.9. The first kappa shape index (κ1) is 23.5. The monoisotopic (exact) mass is 486 g/mol. The number of imide groups is 2. The maximum Gasteiger partial charge on any atom is 0.335 e. The maximum atomic E-state index is 13.4. The van der Waals surface area contributed by atoms with Gasteiger partial charge < -0.3 is 14.2 Å². The minimum absolute atomic E-state index is 0.0299. The predicted octanol–water partition coefficient (Wildman–Crippen LogP) is 2.73. The molecule has 3 aromatic rings. The number of ether oxygens (including phenoxy) is 1. The van der Waals surface area contributed by atoms with Crippen LogP contribution in [0.15, 0.2) is 60.3 Å². The van der Waals surface area contributed by atoms with Crippen LogP contribution in [0.3, 0.4) is 0 Å². The molecule has 2 saturated heterocycles. The minimum Gasteiger partial charge on any atom is -0.378 e. The van der Waals surface area contributed by atoms with Gasteiger partial charge in [0.25, 0.3) is 11.8 Å². The van der Waals surface area contributed by atoms with Gasteiger partial charge in [0, 0.05) is 35.8 Å². The summed E-state index contributed by atoms with van der Waals surface area (Å²) in [4.78, 5) is 54.5. The summed E-state index contributed by atoms with van der Waals surface area (Å²) < 4.78 is 7.16. The Morgan fingerprint density at radius 1 is 1.03 bits per heavy atom. The smallest absolute Gasteiger partial charge is 0.335 e. The third-order valence-electron chi connectivity index (χ3n) is 6.50. The number of aromatic nitrogens is 1. The SMILES string of the molecule is CCc1ccccc1N1C(=O)NC(=O)/C(=C\c2cn(CC(=O)N3CCOCC3)c3ccccc23)C1=O. The van der Waals surface area contributed by atoms with Crippen molar-refractivity contribution in [2.75, 3.05) is 31.2 Å². The fourth-order valence-corrected chi connectivity index (χ4v) is 4.64. The van der Waals surface area contributed by atoms with E-state index in [0.717, 1.165) is 21.4 Å². The first-order valence-corrected chi connectivity index (χ1v) is 11.9. The number of anilines is 1. The van der Waals surface area contributed by atoms with E-state index < -0.39 is 17.8 Å². The van der Waals surface area contributed by atoms with Gasteiger partial charge in [-0.2, -0.15) is 0 Å². The van der Waals surface area contributed by atoms with Crippen molar-refractivity contribution in [2.45, 2.75) is 19.9 Å². The molecule has 5 rings (SSSR count). The summed E-state index contributed by atoms with van der Waals surface area (Å²) >= 11 is 0. The summed E-state index contributed by atoms with van der Waals surface area (Å²) in [6.45, 7) is 4.18. The Labute approximate surface area is 207 Å². The van der Waals surface area contributed by atoms with Crippen LogP contribution in [0.25, 0.3) is 17.0 Å². The van der Waals surface area contributed by atoms with Crippen LogP contribution in [0, 0.1) is 0 Å². The van der Waals surface area contributed by atoms with Crippen LogP contribution in [0.2, 0.25) is 0 Å². The van der Waals surface area contributed by atoms with Crippen LogP contribution in [0.5, 0.6) is 0 Å². The van der Waals surface area contributed by atoms with E-state index in [2.05, 4.69) is 5.32 Å². The van der Waals surface area contributed by atoms with E-state index in [-0.39, 0.29) is 18.0 Å². The fourth-order valence-electron chi connectivity index (χ4n) is 4.64. The van der Waals surface area contributed by atoms with Crippen molar-refractivity contribution in [1.29, 1.82) is 0 Å². The zero-order valence-electron chi connectivity index (χ0n) is 19.9. The van der Waals surface area contributed by atoms with Gasteiger partial charge in [0.05, 0.1) is 18.9 Å². The molecule has 1 aromatic heterocycles. The van der Waals surface area contributed by atoms with E-state index in [9.17, 15) is 19.2 Å². The number of rotatable bonds is 5. The number of hydrogen-bond donors (Lipinski definition) is 1. The number of carbonyl (C=O) groups excluding carboxylic acids is 4. The Hall–Kier alpha value is -4.24. The Morgan fingerprint density at radius 2 is 1.75 bits per heavy atom. The maximum absolute atomic E-state index is 13.4. The largest absolute Gasteiger partial charge is 0.378 e. The number of para-hydroxylation sites is 2. The van der Waals surface area contributed by atoms with Crippen molar-refractivity contribution in [3.63, 3.8) is 0 Å². The molecule has 0 aliphatic carbocycles. The van der Waals surface area contributed by atoms with Crippen molar-refractivity contribution >= 4 is 46.4 Å². The average Bonchev–Trinajstić information content (AvgIpc) is 3.24. The summed E-state index contributed by atoms with van der Waals surface area (Å²) in [7, 11) is 0. The summed E-state index contributed by atoms with van der Waals surface area (Å²) in [5.41, 5.74) is 2.52. The van der Waals surface area contributed by atoms with Crippen LogP contribution in [-0.2, 0) is 32.1 Å². The lowest BCUT2D eigenvalue weighted by Crippen LogP contribution is -2.54. The van der Waals surface area contributed by atoms with Gasteiger partial charge >= 0.3 is 6.03 Å². The van der Waals surface area contributed by atoms with Gasteiger partial charge in [0.2, 0.25) is 5.91 Å². The first-order chi connectivity index (χ1) is 17.5. The third kappa shape index (κ3) is 4.29. The van der Waals surface area contributed by atoms with Crippen molar-refractivity contribution in [3.05, 3.63) is 71.4 Å². The van der Waals surface area contributed by atoms with Gasteiger partial charge in [0.15, 0.2) is 0 Å². The molecule has 184 valence electrons. The van der Waals surface area contributed by atoms with Crippen LogP contribution in [-0.4, -0.2) is 59.5 Å². The Morgan fingerprint density at radius 3 is 2.53 bits per heavy atom. The van der Waals surface area contributed by atoms with E-state index in [1.807, 2.05) is 47.9 Å². The molecular formula is C27H26N4O5. The van der Waals surface area contributed by atoms with Gasteiger partial charge in [-0.3, -0.25) is 19.7 Å². The lowest BCUT2D eigenvalue weighted by molar-refractivity contribution is -0.135. The molecule has 2 aromatic carbocycles. The highest BCUT2D eigenvalue weighted by atomic mass is 16.5. The molecular weight excluding hydrogens is 460 g/mol. The number of carbonyl (C=O) groups is 4. The zero-order valence-corrected chi connectivity index (χ0v) is 19.9. The van der Waals surface area contributed by atoms with E-state index >= 15 is 0 Å². The third-order valence-corrected chi connectivity index (χ3v) is 6.50. The summed E-state index contributed by atoms with van der Waals surface area (Å²) in [5.74, 6) is -1.47. The standard InChI is InChI=1S/C27H26N4O5/c1-2-18-7-3-5-9-22(18)31-26(34)21(25(33)28-27(31)35)15-19-16-30(23-10-6-4-8-20(19)23)17-24(32)29-11-13-36-14-12-29/h3-10,15-16H,2,11-14,17H2,1H3,(H,28,33,35)/b21-15+. The normalized spacial score (nSPS) is 17.7. The molecule has 0 bridgehead atoms. The highest BCUT2D eigenvalue weighted by molar-refractivity contribution is 6.39. The van der Waals surface area contributed by atoms with Crippen LogP contribution >= 0.6 is 0 Å². The fraction of sp³-hybridized carbons (Fsp3) is 0.259. The molecule has 2 aliphatic rings. The van der Waals surface area contributed by atoms with Crippen LogP contribution in [0.1, 0.15) is 18.1 Å². The Bertz CT molecular complexity index is 1400. The molecule has 9 nitrogen and oxygen atoms in total. The van der Waals surface area contributed by atoms with Crippen LogP contribution in [0.4, 0.5) is 10.5 Å². The molecule has 5 amide bonds. The average molecular weight is 487 g/mol. The van der Waals surface area contributed by atoms with Crippen LogP contribution < -0.4 is 10.2 Å². The number of amides is 5. The zero-order chi connectivity index (χ0) is 25.2. The molecule has 0 spiro atoms. The molecule has 2 fully saturated rings. The number of barbiturate groups is 1. The van der Waals surface area contributed by atoms with Crippen molar-refractivity contribution in [1.82, 2.24) is 14.8 Å². The van der Waals surface area contributed by atoms with Gasteiger partial charge in [-0.25, -0.2) is 9.69 Å². The van der Waals surface area contributed by atoms with E-state index in [1.165, 1.54) is 6.08 Å². The lowest BCUT2D eigenvalue weighted by Gasteiger charge is -2.27. The summed E-state index contributed by atoms with van der Waals surface area (Å²) in [5, 5.41) is 3.08. The predicted molar refractivity (Wildman–Crippen MR) is 134 cm³/mol. The topological polar surface area (TPSA) is 101 Å². The summed E-state index contributed by atoms with van der Waals surface area (Å²) in [6, 6.07) is 13.8. The lowest BCUT2D eigenvalue weighted by atomic mass is 10.0. The quantitative estimate of drug-likeness (QED) is 0.442. The number of aryl methyl sites for hydroxylation is 1. The number of fused-ring (bicyclic) bond motifs is 1. The number of morpholine rings is 1. The second kappa shape index (κ2) is 9.79. The van der Waals surface area contributed by atoms with Gasteiger partial charge in [-0.1, -0.05) is 43.3 Å². The molecule has 0 unspecified atom stereocenters. The number of benzene rings is 2. The number of urea groups is 1. The highest BCUT2D eigenvalue weighted by Gasteiger charge is 2.37. The molecule has 0 radical (unpaired) electrons. The van der Waals surface area contributed by atoms with Gasteiger partial charge in [0.1, 0.15) is 12.1 Å². The van der Waals surface area contributed by atoms with Crippen molar-refractivity contribution < 1.29 is 23.9 Å². The number of hydrogen-bond acceptors (Lipinski definition) is 5. The second-order valence-electron chi connectivity index (χ2n) is 8.66. The second-order valence-corrected chi connectivity index (χ2v) is 8.66. The number of nitrogens with one attached hydrogen (secondary N) is 1. The summed E-state index contributed by atoms with van der Waals surface area (Å²) in [6.07, 6.45) is 3.87. The van der Waals surface area contributed by atoms with Gasteiger partial charge in [-0.15, -0.1) is 0 Å². The molecule has 0 atom stereocenters.